The van der Waals surface area contributed by atoms with Gasteiger partial charge in [-0.3, -0.25) is 4.79 Å². The van der Waals surface area contributed by atoms with Crippen LogP contribution in [-0.4, -0.2) is 96.1 Å². The fourth-order valence-corrected chi connectivity index (χ4v) is 6.01. The van der Waals surface area contributed by atoms with Crippen LogP contribution in [0.1, 0.15) is 54.8 Å². The van der Waals surface area contributed by atoms with Crippen LogP contribution in [0, 0.1) is 0 Å². The van der Waals surface area contributed by atoms with E-state index in [1.807, 2.05) is 0 Å². The molecule has 0 atom stereocenters. The Hall–Kier alpha value is -3.44. The molecule has 0 amide bonds. The molecular formula is C27H41ClN4O10S2. The lowest BCUT2D eigenvalue weighted by atomic mass is 10.2. The predicted octanol–water partition coefficient (Wildman–Crippen LogP) is 3.36. The molecule has 0 spiro atoms. The molecule has 0 radical (unpaired) electrons. The molecule has 2 aliphatic heterocycles. The number of halogens is 1. The van der Waals surface area contributed by atoms with E-state index in [1.54, 1.807) is 14.0 Å². The standard InChI is InChI=1S/C11H14N2O4S.C8H8ClNO4S.C4H8O2.C3H7N.CH4/c1-12-9-4-3-8(11(14)15)7-10(9)18(16,17)13-5-2-6-13;1-10-6-3-2-5(8(11)12)4-7(6)15(9,13)14;1-3-6-4(2)5;1-2-4-3-1;/h3-4,7,12H,2,5-6H2,1H3,(H,14,15);2-4,10H,1H3,(H,11,12);3H2,1-2H3;4H,1-3H2;1H4. The van der Waals surface area contributed by atoms with Crippen LogP contribution in [0.4, 0.5) is 11.4 Å². The molecule has 2 aromatic carbocycles. The van der Waals surface area contributed by atoms with Crippen molar-refractivity contribution in [2.75, 3.05) is 57.5 Å². The molecule has 0 bridgehead atoms. The summed E-state index contributed by atoms with van der Waals surface area (Å²) in [6.07, 6.45) is 2.23. The summed E-state index contributed by atoms with van der Waals surface area (Å²) in [6.45, 7) is 7.13. The maximum atomic E-state index is 12.3. The zero-order valence-electron chi connectivity index (χ0n) is 24.2. The van der Waals surface area contributed by atoms with Crippen molar-refractivity contribution in [2.45, 2.75) is 43.9 Å². The molecule has 2 saturated heterocycles. The molecule has 4 rings (SSSR count). The first-order valence-corrected chi connectivity index (χ1v) is 16.7. The smallest absolute Gasteiger partial charge is 0.335 e. The van der Waals surface area contributed by atoms with E-state index in [2.05, 4.69) is 20.7 Å². The molecule has 14 nitrogen and oxygen atoms in total. The van der Waals surface area contributed by atoms with Gasteiger partial charge in [-0.1, -0.05) is 7.43 Å². The summed E-state index contributed by atoms with van der Waals surface area (Å²) in [5.41, 5.74) is 0.503. The number of carboxylic acid groups (broad SMARTS) is 2. The highest BCUT2D eigenvalue weighted by molar-refractivity contribution is 8.13. The second-order valence-electron chi connectivity index (χ2n) is 8.76. The number of carbonyl (C=O) groups is 3. The molecule has 5 N–H and O–H groups in total. The number of nitrogens with zero attached hydrogens (tertiary/aromatic N) is 1. The van der Waals surface area contributed by atoms with Gasteiger partial charge >= 0.3 is 17.9 Å². The van der Waals surface area contributed by atoms with Crippen molar-refractivity contribution in [3.8, 4) is 0 Å². The highest BCUT2D eigenvalue weighted by Crippen LogP contribution is 2.28. The number of sulfonamides is 1. The van der Waals surface area contributed by atoms with E-state index in [9.17, 15) is 31.2 Å². The molecule has 0 aliphatic carbocycles. The zero-order chi connectivity index (χ0) is 32.8. The van der Waals surface area contributed by atoms with Crippen molar-refractivity contribution < 1.29 is 46.2 Å². The van der Waals surface area contributed by atoms with Crippen LogP contribution < -0.4 is 16.0 Å². The first-order chi connectivity index (χ1) is 20.1. The summed E-state index contributed by atoms with van der Waals surface area (Å²) >= 11 is 0. The fraction of sp³-hybridized carbons (Fsp3) is 0.444. The molecule has 0 unspecified atom stereocenters. The quantitative estimate of drug-likeness (QED) is 0.200. The first kappa shape index (κ1) is 40.6. The highest BCUT2D eigenvalue weighted by atomic mass is 35.7. The van der Waals surface area contributed by atoms with Gasteiger partial charge < -0.3 is 30.9 Å². The van der Waals surface area contributed by atoms with Crippen LogP contribution in [0.3, 0.4) is 0 Å². The lowest BCUT2D eigenvalue weighted by molar-refractivity contribution is -0.140. The topological polar surface area (TPSA) is 209 Å². The van der Waals surface area contributed by atoms with Crippen molar-refractivity contribution in [3.05, 3.63) is 47.5 Å². The molecular weight excluding hydrogens is 640 g/mol. The number of carboxylic acids is 2. The number of ether oxygens (including phenoxy) is 1. The second-order valence-corrected chi connectivity index (χ2v) is 13.2. The minimum Gasteiger partial charge on any atom is -0.478 e. The van der Waals surface area contributed by atoms with Crippen LogP contribution in [0.15, 0.2) is 46.2 Å². The van der Waals surface area contributed by atoms with Gasteiger partial charge in [0.05, 0.1) is 29.1 Å². The lowest BCUT2D eigenvalue weighted by Gasteiger charge is -2.30. The summed E-state index contributed by atoms with van der Waals surface area (Å²) in [4.78, 5) is 31.1. The Morgan fingerprint density at radius 1 is 0.886 bits per heavy atom. The Labute approximate surface area is 263 Å². The predicted molar refractivity (Wildman–Crippen MR) is 169 cm³/mol. The van der Waals surface area contributed by atoms with Crippen molar-refractivity contribution >= 4 is 59.0 Å². The molecule has 17 heteroatoms. The summed E-state index contributed by atoms with van der Waals surface area (Å²) in [6, 6.07) is 7.69. The Bertz CT molecular complexity index is 1470. The molecule has 44 heavy (non-hydrogen) atoms. The molecule has 2 aliphatic rings. The summed E-state index contributed by atoms with van der Waals surface area (Å²) in [5.74, 6) is -2.56. The third-order valence-electron chi connectivity index (χ3n) is 5.75. The number of aromatic carboxylic acids is 2. The number of nitrogens with one attached hydrogen (secondary N) is 3. The Morgan fingerprint density at radius 3 is 1.55 bits per heavy atom. The van der Waals surface area contributed by atoms with E-state index in [1.165, 1.54) is 68.1 Å². The van der Waals surface area contributed by atoms with Crippen molar-refractivity contribution in [1.29, 1.82) is 0 Å². The maximum Gasteiger partial charge on any atom is 0.335 e. The Morgan fingerprint density at radius 2 is 1.30 bits per heavy atom. The number of hydrogen-bond donors (Lipinski definition) is 5. The van der Waals surface area contributed by atoms with Gasteiger partial charge in [0, 0.05) is 44.8 Å². The average molecular weight is 681 g/mol. The third-order valence-corrected chi connectivity index (χ3v) is 9.05. The van der Waals surface area contributed by atoms with Crippen molar-refractivity contribution in [2.24, 2.45) is 0 Å². The second kappa shape index (κ2) is 19.1. The molecule has 2 aromatic rings. The van der Waals surface area contributed by atoms with Gasteiger partial charge in [0.2, 0.25) is 10.0 Å². The number of hydrogen-bond acceptors (Lipinski definition) is 11. The van der Waals surface area contributed by atoms with Crippen LogP contribution in [0.2, 0.25) is 0 Å². The van der Waals surface area contributed by atoms with Gasteiger partial charge in [-0.05, 0) is 69.3 Å². The molecule has 2 fully saturated rings. The Balaban J connectivity index is 0.000000636. The van der Waals surface area contributed by atoms with E-state index < -0.39 is 31.0 Å². The number of anilines is 2. The van der Waals surface area contributed by atoms with E-state index in [0.29, 0.717) is 25.4 Å². The van der Waals surface area contributed by atoms with E-state index in [4.69, 9.17) is 20.9 Å². The summed E-state index contributed by atoms with van der Waals surface area (Å²) < 4.78 is 52.5. The lowest BCUT2D eigenvalue weighted by Crippen LogP contribution is -2.42. The van der Waals surface area contributed by atoms with E-state index >= 15 is 0 Å². The van der Waals surface area contributed by atoms with Crippen molar-refractivity contribution in [1.82, 2.24) is 9.62 Å². The number of carbonyl (C=O) groups excluding carboxylic acids is 1. The molecule has 248 valence electrons. The monoisotopic (exact) mass is 680 g/mol. The number of esters is 1. The van der Waals surface area contributed by atoms with Gasteiger partial charge in [0.15, 0.2) is 0 Å². The SMILES string of the molecule is C.C1CNC1.CCOC(C)=O.CNc1ccc(C(=O)O)cc1S(=O)(=O)Cl.CNc1ccc(C(=O)O)cc1S(=O)(=O)N1CCC1. The van der Waals surface area contributed by atoms with Gasteiger partial charge in [-0.2, -0.15) is 4.31 Å². The van der Waals surface area contributed by atoms with Gasteiger partial charge in [0.25, 0.3) is 9.05 Å². The van der Waals surface area contributed by atoms with Gasteiger partial charge in [0.1, 0.15) is 9.79 Å². The molecule has 2 heterocycles. The number of benzene rings is 2. The summed E-state index contributed by atoms with van der Waals surface area (Å²) in [5, 5.41) is 26.1. The van der Waals surface area contributed by atoms with E-state index in [-0.39, 0.29) is 40.0 Å². The first-order valence-electron chi connectivity index (χ1n) is 13.0. The highest BCUT2D eigenvalue weighted by Gasteiger charge is 2.31. The van der Waals surface area contributed by atoms with Gasteiger partial charge in [-0.25, -0.2) is 26.4 Å². The van der Waals surface area contributed by atoms with Gasteiger partial charge in [-0.15, -0.1) is 0 Å². The van der Waals surface area contributed by atoms with Crippen LogP contribution in [-0.2, 0) is 28.6 Å². The zero-order valence-corrected chi connectivity index (χ0v) is 26.6. The molecule has 0 aromatic heterocycles. The number of rotatable bonds is 8. The fourth-order valence-electron chi connectivity index (χ4n) is 3.19. The van der Waals surface area contributed by atoms with Crippen LogP contribution >= 0.6 is 10.7 Å². The molecule has 0 saturated carbocycles. The van der Waals surface area contributed by atoms with Crippen LogP contribution in [0.25, 0.3) is 0 Å². The Kier molecular flexibility index (Phi) is 17.6. The summed E-state index contributed by atoms with van der Waals surface area (Å²) in [7, 11) is 0.727. The van der Waals surface area contributed by atoms with E-state index in [0.717, 1.165) is 12.5 Å². The minimum absolute atomic E-state index is 0. The van der Waals surface area contributed by atoms with Crippen LogP contribution in [0.5, 0.6) is 0 Å². The normalized spacial score (nSPS) is 13.6. The third kappa shape index (κ3) is 12.7. The minimum atomic E-state index is -3.96. The largest absolute Gasteiger partial charge is 0.478 e. The average Bonchev–Trinajstić information content (AvgIpc) is 2.85. The van der Waals surface area contributed by atoms with Crippen molar-refractivity contribution in [3.63, 3.8) is 0 Å². The maximum absolute atomic E-state index is 12.3.